The molecule has 10 nitrogen and oxygen atoms in total. The lowest BCUT2D eigenvalue weighted by atomic mass is 10.0. The van der Waals surface area contributed by atoms with E-state index in [4.69, 9.17) is 4.74 Å². The van der Waals surface area contributed by atoms with E-state index >= 15 is 0 Å². The fourth-order valence-corrected chi connectivity index (χ4v) is 5.46. The first-order valence-electron chi connectivity index (χ1n) is 14.2. The van der Waals surface area contributed by atoms with E-state index in [1.807, 2.05) is 85.1 Å². The highest BCUT2D eigenvalue weighted by Gasteiger charge is 2.34. The summed E-state index contributed by atoms with van der Waals surface area (Å²) in [4.78, 5) is 58.9. The number of hydrogen-bond donors (Lipinski definition) is 3. The number of hydrogen-bond acceptors (Lipinski definition) is 5. The van der Waals surface area contributed by atoms with Gasteiger partial charge in [-0.25, -0.2) is 0 Å². The molecule has 1 aliphatic rings. The Morgan fingerprint density at radius 1 is 1.00 bits per heavy atom. The Labute approximate surface area is 250 Å². The van der Waals surface area contributed by atoms with Crippen LogP contribution in [-0.2, 0) is 38.6 Å². The van der Waals surface area contributed by atoms with E-state index in [9.17, 15) is 19.2 Å². The van der Waals surface area contributed by atoms with Crippen LogP contribution in [0.2, 0.25) is 0 Å². The third-order valence-electron chi connectivity index (χ3n) is 7.61. The molecular weight excluding hydrogens is 546 g/mol. The van der Waals surface area contributed by atoms with Crippen LogP contribution in [0.15, 0.2) is 85.1 Å². The summed E-state index contributed by atoms with van der Waals surface area (Å²) in [6.07, 6.45) is 2.39. The van der Waals surface area contributed by atoms with Crippen molar-refractivity contribution in [3.8, 4) is 5.75 Å². The number of rotatable bonds is 11. The summed E-state index contributed by atoms with van der Waals surface area (Å²) in [6, 6.07) is 22.9. The SMILES string of the molecule is COc1ccccc1CN(C)C(=O)C(Cc1c[nH]c2ccccc12)NC(=O)CN1CC(=O)NC(Cc2ccccc2)C1=O. The van der Waals surface area contributed by atoms with Gasteiger partial charge in [-0.3, -0.25) is 19.2 Å². The van der Waals surface area contributed by atoms with Crippen LogP contribution in [0.1, 0.15) is 16.7 Å². The van der Waals surface area contributed by atoms with Gasteiger partial charge in [0.15, 0.2) is 0 Å². The van der Waals surface area contributed by atoms with Crippen LogP contribution >= 0.6 is 0 Å². The van der Waals surface area contributed by atoms with Crippen LogP contribution < -0.4 is 15.4 Å². The summed E-state index contributed by atoms with van der Waals surface area (Å²) >= 11 is 0. The zero-order chi connectivity index (χ0) is 30.3. The Bertz CT molecular complexity index is 1620. The standard InChI is InChI=1S/C33H35N5O5/c1-37(19-23-12-6-9-15-29(23)43-2)32(41)28(17-24-18-34-26-14-8-7-13-25(24)26)36-31(40)21-38-20-30(39)35-27(33(38)42)16-22-10-4-3-5-11-22/h3-15,18,27-28,34H,16-17,19-21H2,1-2H3,(H,35,39)(H,36,40). The lowest BCUT2D eigenvalue weighted by Crippen LogP contribution is -2.61. The molecule has 0 saturated carbocycles. The topological polar surface area (TPSA) is 124 Å². The first kappa shape index (κ1) is 29.4. The Hall–Kier alpha value is -5.12. The quantitative estimate of drug-likeness (QED) is 0.251. The van der Waals surface area contributed by atoms with E-state index in [0.717, 1.165) is 27.6 Å². The second-order valence-electron chi connectivity index (χ2n) is 10.7. The zero-order valence-electron chi connectivity index (χ0n) is 24.2. The Kier molecular flexibility index (Phi) is 9.05. The molecule has 2 atom stereocenters. The van der Waals surface area contributed by atoms with Crippen molar-refractivity contribution < 1.29 is 23.9 Å². The fraction of sp³-hybridized carbons (Fsp3) is 0.273. The van der Waals surface area contributed by atoms with E-state index in [2.05, 4.69) is 15.6 Å². The summed E-state index contributed by atoms with van der Waals surface area (Å²) in [5.41, 5.74) is 3.52. The van der Waals surface area contributed by atoms with Crippen molar-refractivity contribution >= 4 is 34.5 Å². The molecule has 1 fully saturated rings. The molecule has 2 unspecified atom stereocenters. The number of nitrogens with zero attached hydrogens (tertiary/aromatic N) is 2. The maximum absolute atomic E-state index is 13.8. The van der Waals surface area contributed by atoms with E-state index in [0.29, 0.717) is 12.2 Å². The lowest BCUT2D eigenvalue weighted by molar-refractivity contribution is -0.146. The molecule has 1 aliphatic heterocycles. The van der Waals surface area contributed by atoms with Crippen molar-refractivity contribution in [2.24, 2.45) is 0 Å². The highest BCUT2D eigenvalue weighted by molar-refractivity contribution is 5.98. The van der Waals surface area contributed by atoms with E-state index in [1.165, 1.54) is 4.90 Å². The van der Waals surface area contributed by atoms with Crippen LogP contribution in [0.5, 0.6) is 5.75 Å². The van der Waals surface area contributed by atoms with E-state index < -0.39 is 18.0 Å². The number of piperazine rings is 1. The Balaban J connectivity index is 1.32. The number of likely N-dealkylation sites (N-methyl/N-ethyl adjacent to an activating group) is 1. The van der Waals surface area contributed by atoms with Gasteiger partial charge in [-0.1, -0.05) is 66.7 Å². The summed E-state index contributed by atoms with van der Waals surface area (Å²) < 4.78 is 5.45. The van der Waals surface area contributed by atoms with Crippen LogP contribution in [-0.4, -0.2) is 77.7 Å². The molecule has 10 heteroatoms. The number of benzene rings is 3. The first-order valence-corrected chi connectivity index (χ1v) is 14.2. The number of aromatic nitrogens is 1. The fourth-order valence-electron chi connectivity index (χ4n) is 5.46. The molecule has 2 heterocycles. The number of nitrogens with one attached hydrogen (secondary N) is 3. The number of aromatic amines is 1. The molecule has 0 bridgehead atoms. The van der Waals surface area contributed by atoms with E-state index in [1.54, 1.807) is 19.1 Å². The van der Waals surface area contributed by atoms with E-state index in [-0.39, 0.29) is 43.8 Å². The maximum Gasteiger partial charge on any atom is 0.246 e. The van der Waals surface area contributed by atoms with Gasteiger partial charge in [0.2, 0.25) is 23.6 Å². The molecule has 43 heavy (non-hydrogen) atoms. The first-order chi connectivity index (χ1) is 20.8. The zero-order valence-corrected chi connectivity index (χ0v) is 24.2. The number of methoxy groups -OCH3 is 1. The van der Waals surface area contributed by atoms with Crippen molar-refractivity contribution in [1.82, 2.24) is 25.4 Å². The number of carbonyl (C=O) groups excluding carboxylic acids is 4. The smallest absolute Gasteiger partial charge is 0.246 e. The number of para-hydroxylation sites is 2. The summed E-state index contributed by atoms with van der Waals surface area (Å²) in [6.45, 7) is -0.299. The molecule has 3 aromatic carbocycles. The minimum absolute atomic E-state index is 0.230. The third-order valence-corrected chi connectivity index (χ3v) is 7.61. The van der Waals surface area contributed by atoms with Gasteiger partial charge in [0, 0.05) is 49.1 Å². The lowest BCUT2D eigenvalue weighted by Gasteiger charge is -2.33. The van der Waals surface area contributed by atoms with Crippen molar-refractivity contribution in [1.29, 1.82) is 0 Å². The number of fused-ring (bicyclic) bond motifs is 1. The van der Waals surface area contributed by atoms with Gasteiger partial charge >= 0.3 is 0 Å². The van der Waals surface area contributed by atoms with Crippen LogP contribution in [0.3, 0.4) is 0 Å². The Morgan fingerprint density at radius 3 is 2.51 bits per heavy atom. The minimum atomic E-state index is -0.916. The van der Waals surface area contributed by atoms with Crippen LogP contribution in [0.25, 0.3) is 10.9 Å². The highest BCUT2D eigenvalue weighted by Crippen LogP contribution is 2.22. The van der Waals surface area contributed by atoms with Gasteiger partial charge < -0.3 is 30.2 Å². The monoisotopic (exact) mass is 581 g/mol. The molecule has 4 amide bonds. The van der Waals surface area contributed by atoms with Gasteiger partial charge in [0.25, 0.3) is 0 Å². The van der Waals surface area contributed by atoms with Crippen molar-refractivity contribution in [3.63, 3.8) is 0 Å². The average molecular weight is 582 g/mol. The number of H-pyrrole nitrogens is 1. The Morgan fingerprint density at radius 2 is 1.72 bits per heavy atom. The van der Waals surface area contributed by atoms with Crippen molar-refractivity contribution in [2.75, 3.05) is 27.2 Å². The molecular formula is C33H35N5O5. The molecule has 222 valence electrons. The molecule has 0 aliphatic carbocycles. The van der Waals surface area contributed by atoms with Gasteiger partial charge in [-0.15, -0.1) is 0 Å². The van der Waals surface area contributed by atoms with Gasteiger partial charge in [0.1, 0.15) is 30.9 Å². The molecule has 1 saturated heterocycles. The summed E-state index contributed by atoms with van der Waals surface area (Å²) in [7, 11) is 3.25. The summed E-state index contributed by atoms with van der Waals surface area (Å²) in [5.74, 6) is -0.839. The maximum atomic E-state index is 13.8. The number of carbonyl (C=O) groups is 4. The van der Waals surface area contributed by atoms with Crippen molar-refractivity contribution in [3.05, 3.63) is 102 Å². The molecule has 0 radical (unpaired) electrons. The van der Waals surface area contributed by atoms with Gasteiger partial charge in [-0.2, -0.15) is 0 Å². The van der Waals surface area contributed by atoms with Gasteiger partial charge in [-0.05, 0) is 23.3 Å². The normalized spacial score (nSPS) is 15.6. The average Bonchev–Trinajstić information content (AvgIpc) is 3.42. The second-order valence-corrected chi connectivity index (χ2v) is 10.7. The molecule has 5 rings (SSSR count). The molecule has 0 spiro atoms. The van der Waals surface area contributed by atoms with Crippen molar-refractivity contribution in [2.45, 2.75) is 31.5 Å². The largest absolute Gasteiger partial charge is 0.496 e. The molecule has 4 aromatic rings. The highest BCUT2D eigenvalue weighted by atomic mass is 16.5. The number of ether oxygens (including phenoxy) is 1. The minimum Gasteiger partial charge on any atom is -0.496 e. The molecule has 1 aromatic heterocycles. The van der Waals surface area contributed by atoms with Crippen LogP contribution in [0.4, 0.5) is 0 Å². The summed E-state index contributed by atoms with van der Waals surface area (Å²) in [5, 5.41) is 6.55. The van der Waals surface area contributed by atoms with Crippen LogP contribution in [0, 0.1) is 0 Å². The predicted octanol–water partition coefficient (Wildman–Crippen LogP) is 2.43. The number of amides is 4. The molecule has 3 N–H and O–H groups in total. The predicted molar refractivity (Wildman–Crippen MR) is 162 cm³/mol. The third kappa shape index (κ3) is 7.03. The van der Waals surface area contributed by atoms with Gasteiger partial charge in [0.05, 0.1) is 7.11 Å². The second kappa shape index (κ2) is 13.2.